The Bertz CT molecular complexity index is 1140. The average Bonchev–Trinajstić information content (AvgIpc) is 3.31. The zero-order valence-electron chi connectivity index (χ0n) is 18.6. The highest BCUT2D eigenvalue weighted by Gasteiger charge is 2.28. The number of amides is 1. The number of nitrogen functional groups attached to an aromatic ring is 1. The summed E-state index contributed by atoms with van der Waals surface area (Å²) in [6.45, 7) is 7.90. The Morgan fingerprint density at radius 3 is 2.68 bits per heavy atom. The third-order valence-electron chi connectivity index (χ3n) is 7.08. The number of nitrogens with zero attached hydrogens (tertiary/aromatic N) is 4. The van der Waals surface area contributed by atoms with Gasteiger partial charge in [0.1, 0.15) is 5.65 Å². The van der Waals surface area contributed by atoms with E-state index in [0.29, 0.717) is 12.1 Å². The van der Waals surface area contributed by atoms with Gasteiger partial charge in [0.15, 0.2) is 0 Å². The molecule has 6 nitrogen and oxygen atoms in total. The smallest absolute Gasteiger partial charge is 0.223 e. The topological polar surface area (TPSA) is 66.9 Å². The third kappa shape index (κ3) is 3.49. The van der Waals surface area contributed by atoms with Crippen LogP contribution in [0.15, 0.2) is 36.5 Å². The van der Waals surface area contributed by atoms with Crippen LogP contribution in [-0.2, 0) is 17.8 Å². The van der Waals surface area contributed by atoms with Gasteiger partial charge in [0.05, 0.1) is 11.4 Å². The standard InChI is InChI=1S/C25H31N5O/c1-16-5-4-6-17(2)29(16)15-23-25(27-24-10-8-21(26)14-30(23)24)20-7-9-22-19(13-20)11-12-28(22)18(3)31/h7-10,13-14,16-17H,4-6,11-12,15,26H2,1-3H3. The van der Waals surface area contributed by atoms with Crippen molar-refractivity contribution >= 4 is 22.9 Å². The lowest BCUT2D eigenvalue weighted by Gasteiger charge is -2.39. The third-order valence-corrected chi connectivity index (χ3v) is 7.08. The summed E-state index contributed by atoms with van der Waals surface area (Å²) < 4.78 is 2.16. The summed E-state index contributed by atoms with van der Waals surface area (Å²) in [4.78, 5) is 21.4. The monoisotopic (exact) mass is 417 g/mol. The van der Waals surface area contributed by atoms with Gasteiger partial charge in [0.25, 0.3) is 0 Å². The number of anilines is 2. The molecule has 2 N–H and O–H groups in total. The minimum absolute atomic E-state index is 0.100. The van der Waals surface area contributed by atoms with Gasteiger partial charge in [-0.25, -0.2) is 4.98 Å². The highest BCUT2D eigenvalue weighted by atomic mass is 16.2. The number of imidazole rings is 1. The molecule has 0 bridgehead atoms. The van der Waals surface area contributed by atoms with E-state index in [0.717, 1.165) is 47.8 Å². The van der Waals surface area contributed by atoms with E-state index in [9.17, 15) is 4.79 Å². The van der Waals surface area contributed by atoms with Crippen molar-refractivity contribution in [2.75, 3.05) is 17.2 Å². The molecule has 2 aromatic heterocycles. The lowest BCUT2D eigenvalue weighted by molar-refractivity contribution is -0.116. The van der Waals surface area contributed by atoms with Crippen LogP contribution in [0.2, 0.25) is 0 Å². The van der Waals surface area contributed by atoms with Gasteiger partial charge < -0.3 is 15.0 Å². The van der Waals surface area contributed by atoms with Crippen LogP contribution < -0.4 is 10.6 Å². The van der Waals surface area contributed by atoms with Crippen molar-refractivity contribution in [2.45, 2.75) is 65.1 Å². The number of likely N-dealkylation sites (tertiary alicyclic amines) is 1. The van der Waals surface area contributed by atoms with Gasteiger partial charge in [-0.2, -0.15) is 0 Å². The molecule has 2 atom stereocenters. The van der Waals surface area contributed by atoms with Gasteiger partial charge >= 0.3 is 0 Å². The molecule has 0 saturated carbocycles. The number of rotatable bonds is 3. The second kappa shape index (κ2) is 7.68. The van der Waals surface area contributed by atoms with E-state index in [-0.39, 0.29) is 5.91 Å². The first kappa shape index (κ1) is 20.1. The van der Waals surface area contributed by atoms with E-state index in [1.165, 1.54) is 30.5 Å². The lowest BCUT2D eigenvalue weighted by atomic mass is 9.96. The maximum atomic E-state index is 11.9. The summed E-state index contributed by atoms with van der Waals surface area (Å²) in [5.74, 6) is 0.100. The zero-order chi connectivity index (χ0) is 21.7. The van der Waals surface area contributed by atoms with Crippen molar-refractivity contribution in [3.05, 3.63) is 47.8 Å². The van der Waals surface area contributed by atoms with Gasteiger partial charge in [0.2, 0.25) is 5.91 Å². The maximum absolute atomic E-state index is 11.9. The second-order valence-corrected chi connectivity index (χ2v) is 9.16. The number of hydrogen-bond acceptors (Lipinski definition) is 4. The highest BCUT2D eigenvalue weighted by Crippen LogP contribution is 2.35. The molecule has 1 aromatic carbocycles. The van der Waals surface area contributed by atoms with E-state index in [1.54, 1.807) is 6.92 Å². The van der Waals surface area contributed by atoms with Gasteiger partial charge in [-0.1, -0.05) is 12.5 Å². The van der Waals surface area contributed by atoms with Crippen molar-refractivity contribution < 1.29 is 4.79 Å². The molecule has 2 unspecified atom stereocenters. The minimum atomic E-state index is 0.100. The Labute approximate surface area is 183 Å². The van der Waals surface area contributed by atoms with Crippen LogP contribution in [0.5, 0.6) is 0 Å². The molecule has 4 heterocycles. The van der Waals surface area contributed by atoms with Crippen LogP contribution >= 0.6 is 0 Å². The summed E-state index contributed by atoms with van der Waals surface area (Å²) >= 11 is 0. The molecular weight excluding hydrogens is 386 g/mol. The molecule has 162 valence electrons. The number of fused-ring (bicyclic) bond motifs is 2. The maximum Gasteiger partial charge on any atom is 0.223 e. The number of piperidine rings is 1. The number of aromatic nitrogens is 2. The summed E-state index contributed by atoms with van der Waals surface area (Å²) in [5, 5.41) is 0. The molecule has 1 amide bonds. The summed E-state index contributed by atoms with van der Waals surface area (Å²) in [7, 11) is 0. The second-order valence-electron chi connectivity index (χ2n) is 9.16. The molecule has 5 rings (SSSR count). The molecule has 3 aromatic rings. The first-order chi connectivity index (χ1) is 14.9. The molecule has 1 fully saturated rings. The van der Waals surface area contributed by atoms with E-state index < -0.39 is 0 Å². The minimum Gasteiger partial charge on any atom is -0.398 e. The summed E-state index contributed by atoms with van der Waals surface area (Å²) in [5.41, 5.74) is 13.4. The molecule has 0 spiro atoms. The number of carbonyl (C=O) groups excluding carboxylic acids is 1. The molecule has 31 heavy (non-hydrogen) atoms. The number of pyridine rings is 1. The fraction of sp³-hybridized carbons (Fsp3) is 0.440. The highest BCUT2D eigenvalue weighted by molar-refractivity contribution is 5.94. The number of nitrogens with two attached hydrogens (primary N) is 1. The Balaban J connectivity index is 1.61. The van der Waals surface area contributed by atoms with Crippen molar-refractivity contribution in [1.82, 2.24) is 14.3 Å². The SMILES string of the molecule is CC(=O)N1CCc2cc(-c3nc4ccc(N)cn4c3CN3C(C)CCCC3C)ccc21. The molecular formula is C25H31N5O. The van der Waals surface area contributed by atoms with E-state index in [1.807, 2.05) is 23.2 Å². The van der Waals surface area contributed by atoms with Crippen LogP contribution in [0.25, 0.3) is 16.9 Å². The Kier molecular flexibility index (Phi) is 4.97. The Hall–Kier alpha value is -2.86. The van der Waals surface area contributed by atoms with E-state index >= 15 is 0 Å². The quantitative estimate of drug-likeness (QED) is 0.692. The molecule has 0 radical (unpaired) electrons. The van der Waals surface area contributed by atoms with E-state index in [2.05, 4.69) is 41.3 Å². The van der Waals surface area contributed by atoms with E-state index in [4.69, 9.17) is 10.7 Å². The van der Waals surface area contributed by atoms with Crippen LogP contribution in [0.4, 0.5) is 11.4 Å². The molecule has 6 heteroatoms. The first-order valence-corrected chi connectivity index (χ1v) is 11.4. The van der Waals surface area contributed by atoms with Crippen LogP contribution in [0, 0.1) is 0 Å². The van der Waals surface area contributed by atoms with Crippen LogP contribution in [0.3, 0.4) is 0 Å². The molecule has 2 aliphatic heterocycles. The van der Waals surface area contributed by atoms with Crippen molar-refractivity contribution in [3.8, 4) is 11.3 Å². The van der Waals surface area contributed by atoms with Gasteiger partial charge in [-0.15, -0.1) is 0 Å². The summed E-state index contributed by atoms with van der Waals surface area (Å²) in [6.07, 6.45) is 6.64. The number of carbonyl (C=O) groups is 1. The molecule has 1 saturated heterocycles. The van der Waals surface area contributed by atoms with Crippen molar-refractivity contribution in [1.29, 1.82) is 0 Å². The zero-order valence-corrected chi connectivity index (χ0v) is 18.6. The largest absolute Gasteiger partial charge is 0.398 e. The first-order valence-electron chi connectivity index (χ1n) is 11.4. The Morgan fingerprint density at radius 2 is 1.94 bits per heavy atom. The van der Waals surface area contributed by atoms with Gasteiger partial charge in [0, 0.05) is 55.2 Å². The predicted octanol–water partition coefficient (Wildman–Crippen LogP) is 4.26. The van der Waals surface area contributed by atoms with Gasteiger partial charge in [-0.3, -0.25) is 9.69 Å². The number of hydrogen-bond donors (Lipinski definition) is 1. The fourth-order valence-electron chi connectivity index (χ4n) is 5.33. The fourth-order valence-corrected chi connectivity index (χ4v) is 5.33. The molecule has 0 aliphatic carbocycles. The lowest BCUT2D eigenvalue weighted by Crippen LogP contribution is -2.43. The summed E-state index contributed by atoms with van der Waals surface area (Å²) in [6, 6.07) is 11.4. The van der Waals surface area contributed by atoms with Gasteiger partial charge in [-0.05, 0) is 62.9 Å². The number of benzene rings is 1. The average molecular weight is 418 g/mol. The molecule has 2 aliphatic rings. The van der Waals surface area contributed by atoms with Crippen molar-refractivity contribution in [3.63, 3.8) is 0 Å². The normalized spacial score (nSPS) is 21.6. The Morgan fingerprint density at radius 1 is 1.16 bits per heavy atom. The predicted molar refractivity (Wildman–Crippen MR) is 125 cm³/mol. The van der Waals surface area contributed by atoms with Crippen LogP contribution in [0.1, 0.15) is 51.3 Å². The van der Waals surface area contributed by atoms with Crippen molar-refractivity contribution in [2.24, 2.45) is 0 Å². The van der Waals surface area contributed by atoms with Crippen LogP contribution in [-0.4, -0.2) is 38.8 Å².